The van der Waals surface area contributed by atoms with Crippen LogP contribution in [0.2, 0.25) is 0 Å². The molecule has 5 rings (SSSR count). The first-order chi connectivity index (χ1) is 14.9. The topological polar surface area (TPSA) is 84.2 Å². The largest absolute Gasteiger partial charge is 0.333 e. The van der Waals surface area contributed by atoms with E-state index in [1.165, 1.54) is 12.8 Å². The molecular formula is C22H24N6O2S. The molecule has 9 heteroatoms. The number of carbonyl (C=O) groups is 2. The Balaban J connectivity index is 1.29. The summed E-state index contributed by atoms with van der Waals surface area (Å²) in [4.78, 5) is 38.5. The highest BCUT2D eigenvalue weighted by molar-refractivity contribution is 7.10. The minimum absolute atomic E-state index is 0.0604. The van der Waals surface area contributed by atoms with Gasteiger partial charge >= 0.3 is 0 Å². The molecule has 2 aromatic heterocycles. The third-order valence-electron chi connectivity index (χ3n) is 5.81. The van der Waals surface area contributed by atoms with Gasteiger partial charge in [0.25, 0.3) is 11.8 Å². The molecule has 1 saturated carbocycles. The number of hydrogen-bond donors (Lipinski definition) is 0. The number of aromatic nitrogens is 4. The molecule has 0 unspecified atom stereocenters. The van der Waals surface area contributed by atoms with Crippen molar-refractivity contribution in [3.05, 3.63) is 58.6 Å². The SMILES string of the molecule is CC1(C)CN(C(=O)c2csc(C3CC3)n2)CCN1C(=O)c1ncn(-c2ccccc2)n1. The monoisotopic (exact) mass is 436 g/mol. The average Bonchev–Trinajstić information content (AvgIpc) is 3.29. The smallest absolute Gasteiger partial charge is 0.294 e. The maximum atomic E-state index is 13.2. The molecule has 0 spiro atoms. The molecule has 0 N–H and O–H groups in total. The summed E-state index contributed by atoms with van der Waals surface area (Å²) in [6.07, 6.45) is 3.89. The molecule has 31 heavy (non-hydrogen) atoms. The van der Waals surface area contributed by atoms with Crippen molar-refractivity contribution >= 4 is 23.2 Å². The lowest BCUT2D eigenvalue weighted by molar-refractivity contribution is 0.0158. The average molecular weight is 437 g/mol. The van der Waals surface area contributed by atoms with Gasteiger partial charge in [0.05, 0.1) is 16.2 Å². The van der Waals surface area contributed by atoms with Crippen LogP contribution in [0, 0.1) is 0 Å². The van der Waals surface area contributed by atoms with E-state index in [4.69, 9.17) is 0 Å². The highest BCUT2D eigenvalue weighted by Gasteiger charge is 2.40. The standard InChI is InChI=1S/C22H24N6O2S/c1-22(2)13-26(20(29)17-12-31-19(24-17)15-8-9-15)10-11-27(22)21(30)18-23-14-28(25-18)16-6-4-3-5-7-16/h3-7,12,14-15H,8-11,13H2,1-2H3. The Morgan fingerprint density at radius 3 is 2.58 bits per heavy atom. The van der Waals surface area contributed by atoms with Crippen molar-refractivity contribution in [1.82, 2.24) is 29.5 Å². The Kier molecular flexibility index (Phi) is 4.85. The summed E-state index contributed by atoms with van der Waals surface area (Å²) < 4.78 is 1.60. The fourth-order valence-electron chi connectivity index (χ4n) is 3.96. The van der Waals surface area contributed by atoms with Gasteiger partial charge in [0.1, 0.15) is 12.0 Å². The lowest BCUT2D eigenvalue weighted by Crippen LogP contribution is -2.62. The number of para-hydroxylation sites is 1. The second-order valence-corrected chi connectivity index (χ2v) is 9.58. The lowest BCUT2D eigenvalue weighted by Gasteiger charge is -2.46. The van der Waals surface area contributed by atoms with Gasteiger partial charge in [-0.25, -0.2) is 14.6 Å². The third kappa shape index (κ3) is 3.85. The summed E-state index contributed by atoms with van der Waals surface area (Å²) in [5, 5.41) is 7.30. The van der Waals surface area contributed by atoms with Crippen LogP contribution in [0.1, 0.15) is 58.7 Å². The van der Waals surface area contributed by atoms with Crippen molar-refractivity contribution in [2.75, 3.05) is 19.6 Å². The van der Waals surface area contributed by atoms with Crippen LogP contribution in [0.15, 0.2) is 42.0 Å². The van der Waals surface area contributed by atoms with Crippen molar-refractivity contribution in [3.8, 4) is 5.69 Å². The van der Waals surface area contributed by atoms with E-state index in [1.807, 2.05) is 49.6 Å². The molecule has 1 aliphatic carbocycles. The summed E-state index contributed by atoms with van der Waals surface area (Å²) in [6, 6.07) is 9.56. The van der Waals surface area contributed by atoms with Crippen molar-refractivity contribution in [1.29, 1.82) is 0 Å². The molecule has 0 bridgehead atoms. The molecule has 2 amide bonds. The van der Waals surface area contributed by atoms with Crippen molar-refractivity contribution in [2.24, 2.45) is 0 Å². The van der Waals surface area contributed by atoms with E-state index in [0.29, 0.717) is 31.2 Å². The minimum Gasteiger partial charge on any atom is -0.333 e. The molecule has 2 fully saturated rings. The van der Waals surface area contributed by atoms with Crippen LogP contribution in [-0.2, 0) is 0 Å². The summed E-state index contributed by atoms with van der Waals surface area (Å²) in [7, 11) is 0. The summed E-state index contributed by atoms with van der Waals surface area (Å²) in [5.41, 5.74) is 0.821. The van der Waals surface area contributed by atoms with Crippen LogP contribution in [0.4, 0.5) is 0 Å². The molecule has 0 atom stereocenters. The molecule has 1 saturated heterocycles. The third-order valence-corrected chi connectivity index (χ3v) is 6.81. The zero-order valence-electron chi connectivity index (χ0n) is 17.6. The molecule has 8 nitrogen and oxygen atoms in total. The van der Waals surface area contributed by atoms with Crippen LogP contribution in [0.3, 0.4) is 0 Å². The van der Waals surface area contributed by atoms with E-state index in [0.717, 1.165) is 10.7 Å². The number of amides is 2. The Morgan fingerprint density at radius 1 is 1.10 bits per heavy atom. The number of hydrogen-bond acceptors (Lipinski definition) is 6. The van der Waals surface area contributed by atoms with Crippen LogP contribution in [-0.4, -0.2) is 66.5 Å². The van der Waals surface area contributed by atoms with E-state index < -0.39 is 5.54 Å². The fraction of sp³-hybridized carbons (Fsp3) is 0.409. The van der Waals surface area contributed by atoms with Gasteiger partial charge in [-0.1, -0.05) is 18.2 Å². The molecule has 3 aromatic rings. The van der Waals surface area contributed by atoms with Gasteiger partial charge < -0.3 is 9.80 Å². The van der Waals surface area contributed by atoms with Crippen molar-refractivity contribution in [3.63, 3.8) is 0 Å². The molecule has 2 aliphatic rings. The summed E-state index contributed by atoms with van der Waals surface area (Å²) in [6.45, 7) is 5.26. The second-order valence-electron chi connectivity index (χ2n) is 8.69. The summed E-state index contributed by atoms with van der Waals surface area (Å²) >= 11 is 1.57. The van der Waals surface area contributed by atoms with Gasteiger partial charge in [0, 0.05) is 30.9 Å². The molecule has 1 aromatic carbocycles. The lowest BCUT2D eigenvalue weighted by atomic mass is 9.98. The molecule has 3 heterocycles. The Bertz CT molecular complexity index is 1120. The fourth-order valence-corrected chi connectivity index (χ4v) is 4.92. The van der Waals surface area contributed by atoms with Crippen LogP contribution in [0.5, 0.6) is 0 Å². The maximum Gasteiger partial charge on any atom is 0.294 e. The number of piperazine rings is 1. The van der Waals surface area contributed by atoms with E-state index in [-0.39, 0.29) is 17.6 Å². The van der Waals surface area contributed by atoms with E-state index in [9.17, 15) is 9.59 Å². The first-order valence-electron chi connectivity index (χ1n) is 10.5. The normalized spacial score (nSPS) is 18.3. The molecule has 1 aliphatic heterocycles. The number of benzene rings is 1. The zero-order valence-corrected chi connectivity index (χ0v) is 18.4. The van der Waals surface area contributed by atoms with Crippen molar-refractivity contribution < 1.29 is 9.59 Å². The van der Waals surface area contributed by atoms with Gasteiger partial charge in [-0.2, -0.15) is 0 Å². The predicted octanol–water partition coefficient (Wildman–Crippen LogP) is 2.98. The summed E-state index contributed by atoms with van der Waals surface area (Å²) in [5.74, 6) is 0.414. The Morgan fingerprint density at radius 2 is 1.87 bits per heavy atom. The second kappa shape index (κ2) is 7.56. The van der Waals surface area contributed by atoms with Gasteiger partial charge in [0.15, 0.2) is 0 Å². The first kappa shape index (κ1) is 19.9. The van der Waals surface area contributed by atoms with E-state index in [1.54, 1.807) is 32.1 Å². The quantitative estimate of drug-likeness (QED) is 0.628. The van der Waals surface area contributed by atoms with Gasteiger partial charge in [-0.3, -0.25) is 9.59 Å². The number of rotatable bonds is 4. The van der Waals surface area contributed by atoms with Crippen LogP contribution in [0.25, 0.3) is 5.69 Å². The Labute approximate surface area is 184 Å². The zero-order chi connectivity index (χ0) is 21.6. The van der Waals surface area contributed by atoms with E-state index >= 15 is 0 Å². The van der Waals surface area contributed by atoms with Gasteiger partial charge in [-0.05, 0) is 38.8 Å². The number of carbonyl (C=O) groups excluding carboxylic acids is 2. The molecule has 0 radical (unpaired) electrons. The highest BCUT2D eigenvalue weighted by atomic mass is 32.1. The predicted molar refractivity (Wildman–Crippen MR) is 116 cm³/mol. The maximum absolute atomic E-state index is 13.2. The first-order valence-corrected chi connectivity index (χ1v) is 11.3. The van der Waals surface area contributed by atoms with Gasteiger partial charge in [0.2, 0.25) is 5.82 Å². The molecule has 160 valence electrons. The highest BCUT2D eigenvalue weighted by Crippen LogP contribution is 2.41. The minimum atomic E-state index is -0.543. The van der Waals surface area contributed by atoms with Crippen LogP contribution < -0.4 is 0 Å². The van der Waals surface area contributed by atoms with Gasteiger partial charge in [-0.15, -0.1) is 16.4 Å². The number of thiazole rings is 1. The number of nitrogens with zero attached hydrogens (tertiary/aromatic N) is 6. The van der Waals surface area contributed by atoms with Crippen molar-refractivity contribution in [2.45, 2.75) is 38.1 Å². The van der Waals surface area contributed by atoms with Crippen LogP contribution >= 0.6 is 11.3 Å². The molecular weight excluding hydrogens is 412 g/mol. The Hall–Kier alpha value is -3.07. The van der Waals surface area contributed by atoms with E-state index in [2.05, 4.69) is 15.1 Å².